The first kappa shape index (κ1) is 25.2. The van der Waals surface area contributed by atoms with E-state index in [-0.39, 0.29) is 30.9 Å². The number of halogens is 2. The summed E-state index contributed by atoms with van der Waals surface area (Å²) in [6, 6.07) is 0.263. The van der Waals surface area contributed by atoms with Crippen LogP contribution in [0.2, 0.25) is 0 Å². The van der Waals surface area contributed by atoms with Gasteiger partial charge in [-0.3, -0.25) is 4.79 Å². The van der Waals surface area contributed by atoms with Gasteiger partial charge >= 0.3 is 0 Å². The Bertz CT molecular complexity index is 290. The summed E-state index contributed by atoms with van der Waals surface area (Å²) in [7, 11) is 0. The van der Waals surface area contributed by atoms with E-state index in [2.05, 4.69) is 25.7 Å². The van der Waals surface area contributed by atoms with Crippen LogP contribution in [0.5, 0.6) is 0 Å². The average Bonchev–Trinajstić information content (AvgIpc) is 2.47. The molecule has 1 unspecified atom stereocenters. The second-order valence-corrected chi connectivity index (χ2v) is 6.52. The van der Waals surface area contributed by atoms with Gasteiger partial charge in [-0.2, -0.15) is 0 Å². The van der Waals surface area contributed by atoms with E-state index in [1.165, 1.54) is 12.8 Å². The number of nitrogens with two attached hydrogens (primary N) is 1. The van der Waals surface area contributed by atoms with Crippen molar-refractivity contribution in [1.82, 2.24) is 9.80 Å². The van der Waals surface area contributed by atoms with Crippen molar-refractivity contribution in [3.8, 4) is 0 Å². The first-order valence-corrected chi connectivity index (χ1v) is 8.84. The van der Waals surface area contributed by atoms with Gasteiger partial charge < -0.3 is 15.5 Å². The molecule has 0 saturated carbocycles. The highest BCUT2D eigenvalue weighted by Crippen LogP contribution is 2.20. The Kier molecular flexibility index (Phi) is 15.7. The Morgan fingerprint density at radius 2 is 1.65 bits per heavy atom. The minimum atomic E-state index is 0. The summed E-state index contributed by atoms with van der Waals surface area (Å²) in [6.07, 6.45) is 6.22. The van der Waals surface area contributed by atoms with E-state index >= 15 is 0 Å². The normalized spacial score (nSPS) is 16.7. The largest absolute Gasteiger partial charge is 0.343 e. The van der Waals surface area contributed by atoms with E-state index < -0.39 is 0 Å². The topological polar surface area (TPSA) is 49.6 Å². The SMILES string of the molecule is CCCN(CCC)CCCC(=O)N1CCC(C(C)N)CC1.Cl.Cl. The van der Waals surface area contributed by atoms with Crippen molar-refractivity contribution in [3.05, 3.63) is 0 Å². The summed E-state index contributed by atoms with van der Waals surface area (Å²) < 4.78 is 0. The molecule has 0 radical (unpaired) electrons. The van der Waals surface area contributed by atoms with Crippen LogP contribution in [0.3, 0.4) is 0 Å². The smallest absolute Gasteiger partial charge is 0.222 e. The highest BCUT2D eigenvalue weighted by Gasteiger charge is 2.24. The number of rotatable bonds is 9. The maximum Gasteiger partial charge on any atom is 0.222 e. The molecule has 1 rings (SSSR count). The molecule has 0 bridgehead atoms. The molecule has 1 atom stereocenters. The van der Waals surface area contributed by atoms with Crippen LogP contribution in [-0.2, 0) is 4.79 Å². The zero-order valence-electron chi connectivity index (χ0n) is 15.1. The summed E-state index contributed by atoms with van der Waals surface area (Å²) in [5.41, 5.74) is 5.95. The van der Waals surface area contributed by atoms with E-state index in [0.717, 1.165) is 52.0 Å². The van der Waals surface area contributed by atoms with E-state index in [1.54, 1.807) is 0 Å². The number of likely N-dealkylation sites (tertiary alicyclic amines) is 1. The van der Waals surface area contributed by atoms with Crippen molar-refractivity contribution in [3.63, 3.8) is 0 Å². The summed E-state index contributed by atoms with van der Waals surface area (Å²) in [6.45, 7) is 11.7. The van der Waals surface area contributed by atoms with Crippen molar-refractivity contribution in [2.24, 2.45) is 11.7 Å². The van der Waals surface area contributed by atoms with Gasteiger partial charge in [0.25, 0.3) is 0 Å². The molecule has 0 aliphatic carbocycles. The predicted molar refractivity (Wildman–Crippen MR) is 104 cm³/mol. The van der Waals surface area contributed by atoms with Gasteiger partial charge in [-0.05, 0) is 64.6 Å². The molecule has 1 aliphatic heterocycles. The lowest BCUT2D eigenvalue weighted by molar-refractivity contribution is -0.132. The number of piperidine rings is 1. The van der Waals surface area contributed by atoms with E-state index in [1.807, 2.05) is 4.90 Å². The molecule has 0 aromatic carbocycles. The molecular formula is C17H37Cl2N3O. The summed E-state index contributed by atoms with van der Waals surface area (Å²) in [5.74, 6) is 0.935. The molecule has 1 aliphatic rings. The number of hydrogen-bond donors (Lipinski definition) is 1. The van der Waals surface area contributed by atoms with Crippen LogP contribution in [0.4, 0.5) is 0 Å². The lowest BCUT2D eigenvalue weighted by atomic mass is 9.91. The number of carbonyl (C=O) groups excluding carboxylic acids is 1. The molecule has 1 amide bonds. The van der Waals surface area contributed by atoms with E-state index in [9.17, 15) is 4.79 Å². The lowest BCUT2D eigenvalue weighted by Crippen LogP contribution is -2.42. The van der Waals surface area contributed by atoms with Crippen molar-refractivity contribution >= 4 is 30.7 Å². The van der Waals surface area contributed by atoms with Crippen molar-refractivity contribution < 1.29 is 4.79 Å². The van der Waals surface area contributed by atoms with Gasteiger partial charge in [0.05, 0.1) is 0 Å². The van der Waals surface area contributed by atoms with Gasteiger partial charge in [0, 0.05) is 25.6 Å². The summed E-state index contributed by atoms with van der Waals surface area (Å²) >= 11 is 0. The molecule has 140 valence electrons. The van der Waals surface area contributed by atoms with Crippen LogP contribution in [0.15, 0.2) is 0 Å². The minimum absolute atomic E-state index is 0. The molecule has 1 heterocycles. The monoisotopic (exact) mass is 369 g/mol. The third-order valence-corrected chi connectivity index (χ3v) is 4.58. The standard InChI is InChI=1S/C17H35N3O.2ClH/c1-4-10-19(11-5-2)12-6-7-17(21)20-13-8-16(9-14-20)15(3)18;;/h15-16H,4-14,18H2,1-3H3;2*1H. The maximum atomic E-state index is 12.2. The summed E-state index contributed by atoms with van der Waals surface area (Å²) in [5, 5.41) is 0. The third-order valence-electron chi connectivity index (χ3n) is 4.58. The van der Waals surface area contributed by atoms with Crippen molar-refractivity contribution in [2.75, 3.05) is 32.7 Å². The molecule has 4 nitrogen and oxygen atoms in total. The molecule has 0 aromatic rings. The van der Waals surface area contributed by atoms with Crippen LogP contribution in [0, 0.1) is 5.92 Å². The van der Waals surface area contributed by atoms with Crippen LogP contribution in [0.1, 0.15) is 59.3 Å². The molecule has 23 heavy (non-hydrogen) atoms. The molecule has 1 saturated heterocycles. The van der Waals surface area contributed by atoms with Gasteiger partial charge in [0.2, 0.25) is 5.91 Å². The zero-order chi connectivity index (χ0) is 15.7. The number of carbonyl (C=O) groups is 1. The molecule has 2 N–H and O–H groups in total. The Hall–Kier alpha value is -0.0300. The van der Waals surface area contributed by atoms with Crippen LogP contribution >= 0.6 is 24.8 Å². The van der Waals surface area contributed by atoms with Crippen molar-refractivity contribution in [1.29, 1.82) is 0 Å². The van der Waals surface area contributed by atoms with E-state index in [4.69, 9.17) is 5.73 Å². The van der Waals surface area contributed by atoms with Gasteiger partial charge in [-0.25, -0.2) is 0 Å². The average molecular weight is 370 g/mol. The molecular weight excluding hydrogens is 333 g/mol. The number of nitrogens with zero attached hydrogens (tertiary/aromatic N) is 2. The Morgan fingerprint density at radius 3 is 2.09 bits per heavy atom. The fourth-order valence-corrected chi connectivity index (χ4v) is 3.25. The molecule has 0 spiro atoms. The second kappa shape index (κ2) is 14.3. The van der Waals surface area contributed by atoms with Crippen LogP contribution in [-0.4, -0.2) is 54.5 Å². The fourth-order valence-electron chi connectivity index (χ4n) is 3.25. The quantitative estimate of drug-likeness (QED) is 0.677. The molecule has 0 aromatic heterocycles. The maximum absolute atomic E-state index is 12.2. The second-order valence-electron chi connectivity index (χ2n) is 6.52. The number of amides is 1. The zero-order valence-corrected chi connectivity index (χ0v) is 16.8. The van der Waals surface area contributed by atoms with Crippen molar-refractivity contribution in [2.45, 2.75) is 65.3 Å². The number of hydrogen-bond acceptors (Lipinski definition) is 3. The van der Waals surface area contributed by atoms with E-state index in [0.29, 0.717) is 18.2 Å². The van der Waals surface area contributed by atoms with Gasteiger partial charge in [0.1, 0.15) is 0 Å². The fraction of sp³-hybridized carbons (Fsp3) is 0.941. The first-order valence-electron chi connectivity index (χ1n) is 8.84. The highest BCUT2D eigenvalue weighted by molar-refractivity contribution is 5.85. The Balaban J connectivity index is 0. The Labute approximate surface area is 155 Å². The van der Waals surface area contributed by atoms with Gasteiger partial charge in [-0.15, -0.1) is 24.8 Å². The first-order chi connectivity index (χ1) is 10.1. The Morgan fingerprint density at radius 1 is 1.13 bits per heavy atom. The van der Waals surface area contributed by atoms with Gasteiger partial charge in [-0.1, -0.05) is 13.8 Å². The third kappa shape index (κ3) is 9.75. The van der Waals surface area contributed by atoms with Crippen LogP contribution in [0.25, 0.3) is 0 Å². The predicted octanol–water partition coefficient (Wildman–Crippen LogP) is 3.32. The lowest BCUT2D eigenvalue weighted by Gasteiger charge is -2.34. The highest BCUT2D eigenvalue weighted by atomic mass is 35.5. The molecule has 6 heteroatoms. The van der Waals surface area contributed by atoms with Gasteiger partial charge in [0.15, 0.2) is 0 Å². The minimum Gasteiger partial charge on any atom is -0.343 e. The summed E-state index contributed by atoms with van der Waals surface area (Å²) in [4.78, 5) is 16.8. The van der Waals surface area contributed by atoms with Crippen LogP contribution < -0.4 is 5.73 Å². The molecule has 1 fully saturated rings.